The summed E-state index contributed by atoms with van der Waals surface area (Å²) in [7, 11) is 0. The molecule has 1 N–H and O–H groups in total. The Morgan fingerprint density at radius 3 is 2.82 bits per heavy atom. The molecule has 1 aromatic carbocycles. The second-order valence-electron chi connectivity index (χ2n) is 4.82. The molecule has 2 rings (SSSR count). The lowest BCUT2D eigenvalue weighted by Crippen LogP contribution is -2.15. The van der Waals surface area contributed by atoms with Crippen LogP contribution in [0.1, 0.15) is 29.4 Å². The van der Waals surface area contributed by atoms with E-state index in [0.717, 1.165) is 5.69 Å². The Hall–Kier alpha value is -2.63. The van der Waals surface area contributed by atoms with Gasteiger partial charge in [0.1, 0.15) is 0 Å². The van der Waals surface area contributed by atoms with Gasteiger partial charge in [-0.1, -0.05) is 6.07 Å². The summed E-state index contributed by atoms with van der Waals surface area (Å²) < 4.78 is 6.66. The first-order valence-electron chi connectivity index (χ1n) is 7.15. The van der Waals surface area contributed by atoms with Gasteiger partial charge in [0.2, 0.25) is 5.91 Å². The quantitative estimate of drug-likeness (QED) is 0.831. The van der Waals surface area contributed by atoms with Gasteiger partial charge in [-0.3, -0.25) is 9.48 Å². The van der Waals surface area contributed by atoms with Crippen LogP contribution in [0.3, 0.4) is 0 Å². The second-order valence-corrected chi connectivity index (χ2v) is 4.82. The average molecular weight is 301 g/mol. The van der Waals surface area contributed by atoms with E-state index in [1.807, 2.05) is 19.2 Å². The summed E-state index contributed by atoms with van der Waals surface area (Å²) in [4.78, 5) is 23.6. The first-order chi connectivity index (χ1) is 10.6. The first-order valence-corrected chi connectivity index (χ1v) is 7.15. The molecule has 0 aliphatic heterocycles. The van der Waals surface area contributed by atoms with E-state index >= 15 is 0 Å². The molecule has 22 heavy (non-hydrogen) atoms. The number of aromatic nitrogens is 2. The summed E-state index contributed by atoms with van der Waals surface area (Å²) in [6, 6.07) is 8.59. The van der Waals surface area contributed by atoms with Gasteiger partial charge >= 0.3 is 5.97 Å². The summed E-state index contributed by atoms with van der Waals surface area (Å²) in [5.74, 6) is -0.528. The Kier molecular flexibility index (Phi) is 5.30. The number of hydrogen-bond acceptors (Lipinski definition) is 4. The molecule has 1 heterocycles. The predicted molar refractivity (Wildman–Crippen MR) is 82.6 cm³/mol. The van der Waals surface area contributed by atoms with Crippen LogP contribution in [-0.2, 0) is 16.1 Å². The Morgan fingerprint density at radius 1 is 1.32 bits per heavy atom. The highest BCUT2D eigenvalue weighted by atomic mass is 16.5. The predicted octanol–water partition coefficient (Wildman–Crippen LogP) is 2.40. The van der Waals surface area contributed by atoms with E-state index in [2.05, 4.69) is 10.4 Å². The second kappa shape index (κ2) is 7.40. The number of nitrogens with zero attached hydrogens (tertiary/aromatic N) is 2. The van der Waals surface area contributed by atoms with Crippen LogP contribution in [0, 0.1) is 6.92 Å². The number of carbonyl (C=O) groups excluding carboxylic acids is 2. The van der Waals surface area contributed by atoms with Crippen molar-refractivity contribution in [1.29, 1.82) is 0 Å². The normalized spacial score (nSPS) is 10.3. The molecule has 0 saturated carbocycles. The monoisotopic (exact) mass is 301 g/mol. The van der Waals surface area contributed by atoms with E-state index in [1.165, 1.54) is 0 Å². The van der Waals surface area contributed by atoms with Gasteiger partial charge in [-0.05, 0) is 38.1 Å². The SMILES string of the molecule is CCOC(=O)c1cccc(NC(=O)CCn2ccc(C)n2)c1. The lowest BCUT2D eigenvalue weighted by molar-refractivity contribution is -0.116. The number of hydrogen-bond donors (Lipinski definition) is 1. The fourth-order valence-corrected chi connectivity index (χ4v) is 1.97. The van der Waals surface area contributed by atoms with Gasteiger partial charge in [0.25, 0.3) is 0 Å². The molecule has 0 atom stereocenters. The maximum absolute atomic E-state index is 11.9. The highest BCUT2D eigenvalue weighted by Gasteiger charge is 2.08. The zero-order chi connectivity index (χ0) is 15.9. The Morgan fingerprint density at radius 2 is 2.14 bits per heavy atom. The van der Waals surface area contributed by atoms with Crippen molar-refractivity contribution in [2.45, 2.75) is 26.8 Å². The van der Waals surface area contributed by atoms with Crippen molar-refractivity contribution in [3.63, 3.8) is 0 Å². The van der Waals surface area contributed by atoms with Gasteiger partial charge in [-0.2, -0.15) is 5.10 Å². The van der Waals surface area contributed by atoms with E-state index in [1.54, 1.807) is 35.9 Å². The van der Waals surface area contributed by atoms with E-state index in [9.17, 15) is 9.59 Å². The van der Waals surface area contributed by atoms with Crippen LogP contribution < -0.4 is 5.32 Å². The molecule has 0 unspecified atom stereocenters. The minimum atomic E-state index is -0.398. The molecule has 6 heteroatoms. The number of carbonyl (C=O) groups is 2. The fourth-order valence-electron chi connectivity index (χ4n) is 1.97. The highest BCUT2D eigenvalue weighted by Crippen LogP contribution is 2.12. The summed E-state index contributed by atoms with van der Waals surface area (Å²) in [6.45, 7) is 4.48. The molecule has 0 aliphatic rings. The van der Waals surface area contributed by atoms with Crippen LogP contribution >= 0.6 is 0 Å². The number of anilines is 1. The van der Waals surface area contributed by atoms with E-state index in [0.29, 0.717) is 30.8 Å². The maximum atomic E-state index is 11.9. The van der Waals surface area contributed by atoms with Crippen molar-refractivity contribution < 1.29 is 14.3 Å². The third-order valence-corrected chi connectivity index (χ3v) is 3.00. The topological polar surface area (TPSA) is 73.2 Å². The minimum absolute atomic E-state index is 0.130. The van der Waals surface area contributed by atoms with Gasteiger partial charge in [0.15, 0.2) is 0 Å². The molecule has 0 bridgehead atoms. The minimum Gasteiger partial charge on any atom is -0.462 e. The fraction of sp³-hybridized carbons (Fsp3) is 0.312. The van der Waals surface area contributed by atoms with Gasteiger partial charge in [0.05, 0.1) is 17.9 Å². The van der Waals surface area contributed by atoms with Crippen molar-refractivity contribution in [2.24, 2.45) is 0 Å². The van der Waals surface area contributed by atoms with Crippen molar-refractivity contribution in [1.82, 2.24) is 9.78 Å². The molecule has 0 fully saturated rings. The number of amides is 1. The zero-order valence-electron chi connectivity index (χ0n) is 12.7. The van der Waals surface area contributed by atoms with Crippen LogP contribution in [0.2, 0.25) is 0 Å². The number of rotatable bonds is 6. The average Bonchev–Trinajstić information content (AvgIpc) is 2.91. The lowest BCUT2D eigenvalue weighted by atomic mass is 10.2. The Labute approximate surface area is 129 Å². The molecule has 116 valence electrons. The number of aryl methyl sites for hydroxylation is 2. The number of nitrogens with one attached hydrogen (secondary N) is 1. The Bertz CT molecular complexity index is 664. The zero-order valence-corrected chi connectivity index (χ0v) is 12.7. The van der Waals surface area contributed by atoms with Crippen molar-refractivity contribution in [2.75, 3.05) is 11.9 Å². The van der Waals surface area contributed by atoms with Gasteiger partial charge in [0, 0.05) is 24.8 Å². The van der Waals surface area contributed by atoms with E-state index in [4.69, 9.17) is 4.74 Å². The molecule has 0 saturated heterocycles. The Balaban J connectivity index is 1.91. The standard InChI is InChI=1S/C16H19N3O3/c1-3-22-16(21)13-5-4-6-14(11-13)17-15(20)8-10-19-9-7-12(2)18-19/h4-7,9,11H,3,8,10H2,1-2H3,(H,17,20). The molecule has 0 spiro atoms. The lowest BCUT2D eigenvalue weighted by Gasteiger charge is -2.07. The van der Waals surface area contributed by atoms with Crippen LogP contribution in [0.15, 0.2) is 36.5 Å². The largest absolute Gasteiger partial charge is 0.462 e. The molecule has 2 aromatic rings. The van der Waals surface area contributed by atoms with Gasteiger partial charge < -0.3 is 10.1 Å². The summed E-state index contributed by atoms with van der Waals surface area (Å²) in [5, 5.41) is 6.99. The molecular weight excluding hydrogens is 282 g/mol. The molecule has 1 amide bonds. The molecule has 0 aliphatic carbocycles. The number of benzene rings is 1. The molecular formula is C16H19N3O3. The molecule has 0 radical (unpaired) electrons. The molecule has 6 nitrogen and oxygen atoms in total. The smallest absolute Gasteiger partial charge is 0.338 e. The summed E-state index contributed by atoms with van der Waals surface area (Å²) in [5.41, 5.74) is 1.91. The summed E-state index contributed by atoms with van der Waals surface area (Å²) in [6.07, 6.45) is 2.15. The van der Waals surface area contributed by atoms with Crippen molar-refractivity contribution in [3.8, 4) is 0 Å². The first kappa shape index (κ1) is 15.8. The van der Waals surface area contributed by atoms with Crippen molar-refractivity contribution >= 4 is 17.6 Å². The van der Waals surface area contributed by atoms with Crippen molar-refractivity contribution in [3.05, 3.63) is 47.8 Å². The number of esters is 1. The van der Waals surface area contributed by atoms with E-state index < -0.39 is 5.97 Å². The third-order valence-electron chi connectivity index (χ3n) is 3.00. The summed E-state index contributed by atoms with van der Waals surface area (Å²) >= 11 is 0. The molecule has 1 aromatic heterocycles. The van der Waals surface area contributed by atoms with Crippen LogP contribution in [-0.4, -0.2) is 28.3 Å². The maximum Gasteiger partial charge on any atom is 0.338 e. The number of ether oxygens (including phenoxy) is 1. The van der Waals surface area contributed by atoms with Crippen LogP contribution in [0.5, 0.6) is 0 Å². The highest BCUT2D eigenvalue weighted by molar-refractivity contribution is 5.94. The van der Waals surface area contributed by atoms with Gasteiger partial charge in [-0.25, -0.2) is 4.79 Å². The third kappa shape index (κ3) is 4.44. The van der Waals surface area contributed by atoms with Crippen LogP contribution in [0.4, 0.5) is 5.69 Å². The van der Waals surface area contributed by atoms with Gasteiger partial charge in [-0.15, -0.1) is 0 Å². The van der Waals surface area contributed by atoms with Crippen LogP contribution in [0.25, 0.3) is 0 Å². The van der Waals surface area contributed by atoms with E-state index in [-0.39, 0.29) is 5.91 Å².